The summed E-state index contributed by atoms with van der Waals surface area (Å²) >= 11 is 0. The second-order valence-corrected chi connectivity index (χ2v) is 8.20. The fourth-order valence-electron chi connectivity index (χ4n) is 3.40. The van der Waals surface area contributed by atoms with Crippen molar-refractivity contribution in [1.29, 1.82) is 0 Å². The summed E-state index contributed by atoms with van der Waals surface area (Å²) in [5, 5.41) is 14.2. The summed E-state index contributed by atoms with van der Waals surface area (Å²) < 4.78 is 58.4. The number of aryl methyl sites for hydroxylation is 1. The lowest BCUT2D eigenvalue weighted by atomic mass is 10.1. The van der Waals surface area contributed by atoms with Gasteiger partial charge < -0.3 is 9.67 Å². The molecule has 2 heterocycles. The molecule has 0 fully saturated rings. The van der Waals surface area contributed by atoms with Crippen LogP contribution in [-0.4, -0.2) is 35.2 Å². The summed E-state index contributed by atoms with van der Waals surface area (Å²) in [6.07, 6.45) is -2.25. The largest absolute Gasteiger partial charge is 0.393 e. The Labute approximate surface area is 189 Å². The number of aliphatic hydroxyl groups is 1. The van der Waals surface area contributed by atoms with E-state index in [2.05, 4.69) is 19.3 Å². The fourth-order valence-corrected chi connectivity index (χ4v) is 3.82. The predicted octanol–water partition coefficient (Wildman–Crippen LogP) is 3.22. The van der Waals surface area contributed by atoms with E-state index in [0.29, 0.717) is 10.9 Å². The second-order valence-electron chi connectivity index (χ2n) is 7.58. The van der Waals surface area contributed by atoms with E-state index in [1.54, 1.807) is 32.0 Å². The molecule has 178 valence electrons. The lowest BCUT2D eigenvalue weighted by molar-refractivity contribution is -0.172. The van der Waals surface area contributed by atoms with Gasteiger partial charge in [0.2, 0.25) is 0 Å². The molecule has 0 radical (unpaired) electrons. The first-order valence-corrected chi connectivity index (χ1v) is 10.7. The summed E-state index contributed by atoms with van der Waals surface area (Å²) in [6, 6.07) is 5.34. The molecule has 33 heavy (non-hydrogen) atoms. The van der Waals surface area contributed by atoms with Crippen molar-refractivity contribution in [3.63, 3.8) is 0 Å². The molecule has 3 rings (SSSR count). The first-order chi connectivity index (χ1) is 15.5. The van der Waals surface area contributed by atoms with E-state index in [0.717, 1.165) is 27.9 Å². The molecule has 12 heteroatoms. The number of rotatable bonds is 7. The third-order valence-corrected chi connectivity index (χ3v) is 5.81. The molecule has 0 amide bonds. The van der Waals surface area contributed by atoms with Gasteiger partial charge in [-0.1, -0.05) is 25.1 Å². The average molecular weight is 485 g/mol. The number of aliphatic hydroxyl groups excluding tert-OH is 1. The molecule has 1 N–H and O–H groups in total. The Hall–Kier alpha value is -2.78. The number of halogens is 4. The van der Waals surface area contributed by atoms with Gasteiger partial charge in [0, 0.05) is 13.1 Å². The highest BCUT2D eigenvalue weighted by atomic mass is 31.0. The Morgan fingerprint density at radius 1 is 1.30 bits per heavy atom. The monoisotopic (exact) mass is 485 g/mol. The van der Waals surface area contributed by atoms with Gasteiger partial charge in [0.25, 0.3) is 0 Å². The van der Waals surface area contributed by atoms with Gasteiger partial charge in [-0.2, -0.15) is 17.9 Å². The van der Waals surface area contributed by atoms with Crippen LogP contribution < -0.4 is 11.0 Å². The zero-order valence-corrected chi connectivity index (χ0v) is 19.4. The maximum absolute atomic E-state index is 15.4. The molecule has 0 saturated heterocycles. The van der Waals surface area contributed by atoms with E-state index in [1.807, 2.05) is 0 Å². The number of nitrogens with zero attached hydrogens (tertiary/aromatic N) is 5. The summed E-state index contributed by atoms with van der Waals surface area (Å²) in [5.74, 6) is -3.18. The maximum atomic E-state index is 15.4. The van der Waals surface area contributed by atoms with Crippen LogP contribution in [0.3, 0.4) is 0 Å². The minimum absolute atomic E-state index is 0.0317. The third-order valence-electron chi connectivity index (χ3n) is 5.31. The lowest BCUT2D eigenvalue weighted by Gasteiger charge is -2.19. The quantitative estimate of drug-likeness (QED) is 0.412. The van der Waals surface area contributed by atoms with Crippen molar-refractivity contribution in [2.45, 2.75) is 46.6 Å². The van der Waals surface area contributed by atoms with Crippen LogP contribution in [0.4, 0.5) is 17.6 Å². The molecule has 2 atom stereocenters. The van der Waals surface area contributed by atoms with Crippen molar-refractivity contribution in [3.8, 4) is 5.82 Å². The first kappa shape index (κ1) is 24.9. The molecule has 0 saturated carbocycles. The molecule has 3 aromatic rings. The highest BCUT2D eigenvalue weighted by Crippen LogP contribution is 2.30. The topological polar surface area (TPSA) is 77.9 Å². The Balaban J connectivity index is 2.21. The van der Waals surface area contributed by atoms with Crippen molar-refractivity contribution >= 4 is 26.4 Å². The van der Waals surface area contributed by atoms with Gasteiger partial charge in [0.1, 0.15) is 6.61 Å². The smallest absolute Gasteiger partial charge is 0.388 e. The molecule has 0 bridgehead atoms. The zero-order chi connectivity index (χ0) is 24.5. The van der Waals surface area contributed by atoms with E-state index in [9.17, 15) is 23.1 Å². The Morgan fingerprint density at radius 2 is 2.00 bits per heavy atom. The molecule has 7 nitrogen and oxygen atoms in total. The van der Waals surface area contributed by atoms with Crippen molar-refractivity contribution in [3.05, 3.63) is 57.7 Å². The van der Waals surface area contributed by atoms with Gasteiger partial charge in [-0.25, -0.2) is 14.2 Å². The number of hydrogen-bond donors (Lipinski definition) is 1. The van der Waals surface area contributed by atoms with Crippen LogP contribution >= 0.6 is 9.24 Å². The van der Waals surface area contributed by atoms with Gasteiger partial charge in [0.15, 0.2) is 23.3 Å². The highest BCUT2D eigenvalue weighted by molar-refractivity contribution is 7.27. The first-order valence-electron chi connectivity index (χ1n) is 10.1. The number of aromatic nitrogens is 5. The number of alkyl halides is 3. The summed E-state index contributed by atoms with van der Waals surface area (Å²) in [7, 11) is 2.48. The predicted molar refractivity (Wildman–Crippen MR) is 120 cm³/mol. The molecule has 2 aromatic heterocycles. The Morgan fingerprint density at radius 3 is 2.55 bits per heavy atom. The molecule has 1 aromatic carbocycles. The van der Waals surface area contributed by atoms with Gasteiger partial charge in [-0.3, -0.25) is 4.57 Å². The third kappa shape index (κ3) is 4.94. The lowest BCUT2D eigenvalue weighted by Crippen LogP contribution is -2.29. The van der Waals surface area contributed by atoms with E-state index in [1.165, 1.54) is 10.6 Å². The molecule has 0 aliphatic heterocycles. The fraction of sp³-hybridized carbons (Fsp3) is 0.381. The summed E-state index contributed by atoms with van der Waals surface area (Å²) in [5.41, 5.74) is 0.643. The minimum Gasteiger partial charge on any atom is -0.388 e. The van der Waals surface area contributed by atoms with Gasteiger partial charge in [-0.05, 0) is 36.4 Å². The van der Waals surface area contributed by atoms with Crippen LogP contribution in [-0.2, 0) is 19.7 Å². The standard InChI is InChI=1S/C21H24F4N5O2P/c1-4-28-17(11-31)27-30(20(28)32)18-9-26-19(29(18)10-13(3)21(23,24)25)15(22)8-14-12(2)6-5-7-16(14)33/h5-9,13,31H,4,10-11,33H2,1-3H3/b15-8-/t13-/m1/s1. The summed E-state index contributed by atoms with van der Waals surface area (Å²) in [4.78, 5) is 16.7. The van der Waals surface area contributed by atoms with E-state index in [4.69, 9.17) is 0 Å². The normalized spacial score (nSPS) is 13.5. The molecule has 0 aliphatic rings. The zero-order valence-electron chi connectivity index (χ0n) is 18.3. The molecular weight excluding hydrogens is 461 g/mol. The Bertz CT molecular complexity index is 1220. The van der Waals surface area contributed by atoms with Gasteiger partial charge >= 0.3 is 11.9 Å². The summed E-state index contributed by atoms with van der Waals surface area (Å²) in [6.45, 7) is 3.36. The Kier molecular flexibility index (Phi) is 7.23. The highest BCUT2D eigenvalue weighted by Gasteiger charge is 2.37. The SMILES string of the molecule is CCn1c(CO)nn(-c2cnc(/C(F)=C/c3c(C)cccc3P)n2C[C@@H](C)C(F)(F)F)c1=O. The maximum Gasteiger partial charge on any atom is 0.393 e. The van der Waals surface area contributed by atoms with Crippen molar-refractivity contribution < 1.29 is 22.7 Å². The van der Waals surface area contributed by atoms with Crippen LogP contribution in [0, 0.1) is 12.8 Å². The van der Waals surface area contributed by atoms with Gasteiger partial charge in [-0.15, -0.1) is 14.3 Å². The minimum atomic E-state index is -4.55. The van der Waals surface area contributed by atoms with Crippen LogP contribution in [0.1, 0.15) is 36.6 Å². The average Bonchev–Trinajstić information content (AvgIpc) is 3.30. The van der Waals surface area contributed by atoms with Crippen molar-refractivity contribution in [1.82, 2.24) is 23.9 Å². The molecule has 0 spiro atoms. The van der Waals surface area contributed by atoms with Gasteiger partial charge in [0.05, 0.1) is 12.1 Å². The van der Waals surface area contributed by atoms with E-state index < -0.39 is 36.8 Å². The van der Waals surface area contributed by atoms with E-state index in [-0.39, 0.29) is 24.0 Å². The van der Waals surface area contributed by atoms with Crippen molar-refractivity contribution in [2.24, 2.45) is 5.92 Å². The van der Waals surface area contributed by atoms with E-state index >= 15 is 4.39 Å². The molecule has 0 aliphatic carbocycles. The van der Waals surface area contributed by atoms with Crippen molar-refractivity contribution in [2.75, 3.05) is 0 Å². The number of hydrogen-bond acceptors (Lipinski definition) is 4. The molecule has 1 unspecified atom stereocenters. The van der Waals surface area contributed by atoms with Crippen LogP contribution in [0.15, 0.2) is 29.2 Å². The second kappa shape index (κ2) is 9.61. The molecular formula is C21H24F4N5O2P. The van der Waals surface area contributed by atoms with Crippen LogP contribution in [0.2, 0.25) is 0 Å². The number of imidazole rings is 1. The van der Waals surface area contributed by atoms with Crippen LogP contribution in [0.25, 0.3) is 17.7 Å². The number of benzene rings is 1. The van der Waals surface area contributed by atoms with Crippen LogP contribution in [0.5, 0.6) is 0 Å².